The van der Waals surface area contributed by atoms with Gasteiger partial charge >= 0.3 is 0 Å². The summed E-state index contributed by atoms with van der Waals surface area (Å²) >= 11 is 4.04. The van der Waals surface area contributed by atoms with Crippen LogP contribution >= 0.6 is 12.6 Å². The van der Waals surface area contributed by atoms with Crippen LogP contribution in [0.3, 0.4) is 0 Å². The number of hydrogen-bond acceptors (Lipinski definition) is 1. The maximum absolute atomic E-state index is 4.04. The van der Waals surface area contributed by atoms with E-state index in [0.717, 1.165) is 0 Å². The van der Waals surface area contributed by atoms with Crippen LogP contribution in [0.25, 0.3) is 0 Å². The Balaban J connectivity index is 2.54. The lowest BCUT2D eigenvalue weighted by atomic mass is 10.4. The molecule has 0 amide bonds. The van der Waals surface area contributed by atoms with E-state index in [4.69, 9.17) is 0 Å². The van der Waals surface area contributed by atoms with E-state index in [1.165, 1.54) is 0 Å². The molecular weight excluding hydrogens is 80.1 g/mol. The first-order valence-electron chi connectivity index (χ1n) is 1.75. The first kappa shape index (κ1) is 5.35. The van der Waals surface area contributed by atoms with Crippen molar-refractivity contribution in [1.29, 1.82) is 0 Å². The molecule has 0 aromatic heterocycles. The minimum atomic E-state index is 0.454. The fourth-order valence-corrected chi connectivity index (χ4v) is 0. The molecule has 0 nitrogen and oxygen atoms in total. The monoisotopic (exact) mass is 89.0 g/mol. The van der Waals surface area contributed by atoms with Gasteiger partial charge in [0.15, 0.2) is 0 Å². The molecule has 1 unspecified atom stereocenters. The Morgan fingerprint density at radius 1 is 1.80 bits per heavy atom. The maximum atomic E-state index is 4.04. The Morgan fingerprint density at radius 2 is 2.00 bits per heavy atom. The maximum Gasteiger partial charge on any atom is 0.00170 e. The average molecular weight is 89.2 g/mol. The predicted molar refractivity (Wildman–Crippen MR) is 28.4 cm³/mol. The highest BCUT2D eigenvalue weighted by Gasteiger charge is 1.81. The second-order valence-electron chi connectivity index (χ2n) is 1.07. The summed E-state index contributed by atoms with van der Waals surface area (Å²) in [6.07, 6.45) is 2.03. The highest BCUT2D eigenvalue weighted by molar-refractivity contribution is 7.81. The van der Waals surface area contributed by atoms with E-state index >= 15 is 0 Å². The van der Waals surface area contributed by atoms with Crippen LogP contribution in [0, 0.1) is 6.42 Å². The van der Waals surface area contributed by atoms with Crippen molar-refractivity contribution in [3.63, 3.8) is 0 Å². The van der Waals surface area contributed by atoms with Crippen molar-refractivity contribution in [1.82, 2.24) is 0 Å². The molecule has 1 atom stereocenters. The molecule has 0 aromatic rings. The largest absolute Gasteiger partial charge is 0.176 e. The van der Waals surface area contributed by atoms with Gasteiger partial charge in [-0.25, -0.2) is 0 Å². The summed E-state index contributed by atoms with van der Waals surface area (Å²) in [6.45, 7) is 4.03. The first-order chi connectivity index (χ1) is 2.27. The molecule has 0 aliphatic rings. The summed E-state index contributed by atoms with van der Waals surface area (Å²) in [6, 6.07) is 0. The third-order valence-corrected chi connectivity index (χ3v) is 0.781. The van der Waals surface area contributed by atoms with Gasteiger partial charge in [-0.3, -0.25) is 0 Å². The standard InChI is InChI=1S/C4H9S/c1-3-4(2)5/h3-5H,1-2H3. The van der Waals surface area contributed by atoms with Crippen molar-refractivity contribution in [3.8, 4) is 0 Å². The van der Waals surface area contributed by atoms with Gasteiger partial charge in [0, 0.05) is 5.25 Å². The minimum absolute atomic E-state index is 0.454. The highest BCUT2D eigenvalue weighted by atomic mass is 32.1. The van der Waals surface area contributed by atoms with Gasteiger partial charge in [-0.05, 0) is 6.42 Å². The van der Waals surface area contributed by atoms with Gasteiger partial charge in [-0.15, -0.1) is 0 Å². The quantitative estimate of drug-likeness (QED) is 0.463. The van der Waals surface area contributed by atoms with Crippen LogP contribution < -0.4 is 0 Å². The molecule has 0 aromatic carbocycles. The number of rotatable bonds is 1. The van der Waals surface area contributed by atoms with E-state index < -0.39 is 0 Å². The summed E-state index contributed by atoms with van der Waals surface area (Å²) in [5.41, 5.74) is 0. The van der Waals surface area contributed by atoms with E-state index in [1.54, 1.807) is 0 Å². The lowest BCUT2D eigenvalue weighted by Crippen LogP contribution is -1.83. The van der Waals surface area contributed by atoms with Gasteiger partial charge < -0.3 is 0 Å². The van der Waals surface area contributed by atoms with Gasteiger partial charge in [-0.2, -0.15) is 12.6 Å². The molecule has 1 heteroatoms. The van der Waals surface area contributed by atoms with Crippen LogP contribution in [-0.2, 0) is 0 Å². The van der Waals surface area contributed by atoms with Crippen LogP contribution in [0.1, 0.15) is 13.8 Å². The summed E-state index contributed by atoms with van der Waals surface area (Å²) in [4.78, 5) is 0. The molecule has 0 heterocycles. The van der Waals surface area contributed by atoms with Gasteiger partial charge in [-0.1, -0.05) is 13.8 Å². The fourth-order valence-electron chi connectivity index (χ4n) is 0. The van der Waals surface area contributed by atoms with Crippen LogP contribution in [-0.4, -0.2) is 5.25 Å². The van der Waals surface area contributed by atoms with Crippen molar-refractivity contribution in [3.05, 3.63) is 6.42 Å². The van der Waals surface area contributed by atoms with Crippen molar-refractivity contribution in [2.75, 3.05) is 0 Å². The summed E-state index contributed by atoms with van der Waals surface area (Å²) in [5, 5.41) is 0.454. The van der Waals surface area contributed by atoms with Crippen molar-refractivity contribution < 1.29 is 0 Å². The smallest absolute Gasteiger partial charge is 0.00170 e. The zero-order valence-corrected chi connectivity index (χ0v) is 4.50. The second kappa shape index (κ2) is 2.58. The Morgan fingerprint density at radius 3 is 2.00 bits per heavy atom. The molecule has 0 spiro atoms. The van der Waals surface area contributed by atoms with Crippen LogP contribution in [0.5, 0.6) is 0 Å². The molecule has 0 aliphatic carbocycles. The minimum Gasteiger partial charge on any atom is -0.176 e. The second-order valence-corrected chi connectivity index (χ2v) is 1.89. The van der Waals surface area contributed by atoms with Crippen LogP contribution in [0.2, 0.25) is 0 Å². The molecule has 31 valence electrons. The Labute approximate surface area is 39.0 Å². The van der Waals surface area contributed by atoms with E-state index in [0.29, 0.717) is 5.25 Å². The number of thiol groups is 1. The Hall–Kier alpha value is 0.350. The van der Waals surface area contributed by atoms with E-state index in [2.05, 4.69) is 12.6 Å². The van der Waals surface area contributed by atoms with Crippen molar-refractivity contribution in [2.24, 2.45) is 0 Å². The molecule has 0 saturated heterocycles. The fraction of sp³-hybridized carbons (Fsp3) is 0.750. The van der Waals surface area contributed by atoms with Crippen molar-refractivity contribution >= 4 is 12.6 Å². The van der Waals surface area contributed by atoms with Crippen LogP contribution in [0.15, 0.2) is 0 Å². The normalized spacial score (nSPS) is 15.0. The van der Waals surface area contributed by atoms with E-state index in [-0.39, 0.29) is 0 Å². The zero-order chi connectivity index (χ0) is 4.28. The van der Waals surface area contributed by atoms with Crippen LogP contribution in [0.4, 0.5) is 0 Å². The first-order valence-corrected chi connectivity index (χ1v) is 2.26. The molecule has 1 radical (unpaired) electrons. The van der Waals surface area contributed by atoms with Gasteiger partial charge in [0.1, 0.15) is 0 Å². The average Bonchev–Trinajstić information content (AvgIpc) is 1.38. The van der Waals surface area contributed by atoms with E-state index in [1.807, 2.05) is 20.3 Å². The summed E-state index contributed by atoms with van der Waals surface area (Å²) < 4.78 is 0. The Kier molecular flexibility index (Phi) is 2.76. The Bertz CT molecular complexity index is 17.6. The third kappa shape index (κ3) is 4.35. The number of hydrogen-bond donors (Lipinski definition) is 1. The predicted octanol–water partition coefficient (Wildman–Crippen LogP) is 1.53. The van der Waals surface area contributed by atoms with Gasteiger partial charge in [0.25, 0.3) is 0 Å². The molecule has 5 heavy (non-hydrogen) atoms. The molecule has 0 fully saturated rings. The molecule has 0 N–H and O–H groups in total. The molecule has 0 rings (SSSR count). The van der Waals surface area contributed by atoms with E-state index in [9.17, 15) is 0 Å². The molecule has 0 aliphatic heterocycles. The highest BCUT2D eigenvalue weighted by Crippen LogP contribution is 1.92. The van der Waals surface area contributed by atoms with Gasteiger partial charge in [0.05, 0.1) is 0 Å². The van der Waals surface area contributed by atoms with Gasteiger partial charge in [0.2, 0.25) is 0 Å². The summed E-state index contributed by atoms with van der Waals surface area (Å²) in [5.74, 6) is 0. The summed E-state index contributed by atoms with van der Waals surface area (Å²) in [7, 11) is 0. The zero-order valence-electron chi connectivity index (χ0n) is 3.60. The SMILES string of the molecule is C[CH]C(C)S. The lowest BCUT2D eigenvalue weighted by Gasteiger charge is -1.89. The van der Waals surface area contributed by atoms with Crippen molar-refractivity contribution in [2.45, 2.75) is 19.1 Å². The molecular formula is C4H9S. The third-order valence-electron chi connectivity index (χ3n) is 0.482. The lowest BCUT2D eigenvalue weighted by molar-refractivity contribution is 1.13. The molecule has 0 bridgehead atoms. The topological polar surface area (TPSA) is 0 Å². The molecule has 0 saturated carbocycles.